The molecule has 0 saturated heterocycles. The minimum atomic E-state index is -4.15. The molecule has 0 unspecified atom stereocenters. The van der Waals surface area contributed by atoms with Crippen molar-refractivity contribution < 1.29 is 22.4 Å². The quantitative estimate of drug-likeness (QED) is 0.327. The summed E-state index contributed by atoms with van der Waals surface area (Å²) >= 11 is 0. The monoisotopic (exact) mass is 579 g/mol. The molecule has 1 saturated carbocycles. The lowest BCUT2D eigenvalue weighted by atomic mass is 9.95. The van der Waals surface area contributed by atoms with Crippen molar-refractivity contribution in [2.24, 2.45) is 0 Å². The van der Waals surface area contributed by atoms with Crippen molar-refractivity contribution >= 4 is 27.5 Å². The molecule has 7 nitrogen and oxygen atoms in total. The standard InChI is InChI=1S/C32H38FN3O4S/c1-3-25-14-11-13-21-30(25)36(41(39,40)28-18-8-5-9-19-28)23-31(37)35(22-26-15-10-12-20-29(26)33)24(2)32(38)34-27-16-6-4-7-17-27/h5,8-15,18-21,24,27H,3-4,6-7,16-17,22-23H2,1-2H3,(H,34,38)/t24-/m0/s1. The number of benzene rings is 3. The number of carbonyl (C=O) groups is 2. The fraction of sp³-hybridized carbons (Fsp3) is 0.375. The molecule has 0 aromatic heterocycles. The van der Waals surface area contributed by atoms with E-state index in [0.717, 1.165) is 42.0 Å². The maximum absolute atomic E-state index is 14.7. The molecule has 1 aliphatic rings. The van der Waals surface area contributed by atoms with Crippen LogP contribution in [0, 0.1) is 5.82 Å². The van der Waals surface area contributed by atoms with E-state index in [4.69, 9.17) is 0 Å². The molecule has 3 aromatic rings. The normalized spacial score (nSPS) is 14.7. The molecule has 1 aliphatic carbocycles. The number of halogens is 1. The van der Waals surface area contributed by atoms with E-state index in [1.54, 1.807) is 55.5 Å². The molecule has 0 aliphatic heterocycles. The van der Waals surface area contributed by atoms with Gasteiger partial charge in [0, 0.05) is 18.2 Å². The Morgan fingerprint density at radius 2 is 1.51 bits per heavy atom. The topological polar surface area (TPSA) is 86.8 Å². The molecule has 0 bridgehead atoms. The second-order valence-corrected chi connectivity index (χ2v) is 12.3. The lowest BCUT2D eigenvalue weighted by molar-refractivity contribution is -0.139. The molecule has 0 heterocycles. The van der Waals surface area contributed by atoms with Gasteiger partial charge in [-0.15, -0.1) is 0 Å². The highest BCUT2D eigenvalue weighted by molar-refractivity contribution is 7.92. The fourth-order valence-corrected chi connectivity index (χ4v) is 6.72. The van der Waals surface area contributed by atoms with Crippen LogP contribution in [0.15, 0.2) is 83.8 Å². The molecule has 2 amide bonds. The molecule has 0 radical (unpaired) electrons. The molecule has 3 aromatic carbocycles. The van der Waals surface area contributed by atoms with Crippen LogP contribution in [0.1, 0.15) is 57.1 Å². The number of hydrogen-bond donors (Lipinski definition) is 1. The van der Waals surface area contributed by atoms with E-state index in [2.05, 4.69) is 5.32 Å². The lowest BCUT2D eigenvalue weighted by Crippen LogP contribution is -2.53. The van der Waals surface area contributed by atoms with Gasteiger partial charge in [-0.2, -0.15) is 0 Å². The predicted octanol–water partition coefficient (Wildman–Crippen LogP) is 5.45. The van der Waals surface area contributed by atoms with E-state index >= 15 is 0 Å². The summed E-state index contributed by atoms with van der Waals surface area (Å²) in [4.78, 5) is 28.8. The minimum Gasteiger partial charge on any atom is -0.352 e. The van der Waals surface area contributed by atoms with Crippen LogP contribution in [0.2, 0.25) is 0 Å². The Balaban J connectivity index is 1.70. The highest BCUT2D eigenvalue weighted by Gasteiger charge is 2.34. The van der Waals surface area contributed by atoms with Crippen molar-refractivity contribution in [3.63, 3.8) is 0 Å². The van der Waals surface area contributed by atoms with Gasteiger partial charge in [-0.25, -0.2) is 12.8 Å². The summed E-state index contributed by atoms with van der Waals surface area (Å²) < 4.78 is 43.8. The Bertz CT molecular complexity index is 1440. The van der Waals surface area contributed by atoms with Crippen molar-refractivity contribution in [3.8, 4) is 0 Å². The van der Waals surface area contributed by atoms with Gasteiger partial charge in [0.2, 0.25) is 11.8 Å². The Morgan fingerprint density at radius 1 is 0.902 bits per heavy atom. The largest absolute Gasteiger partial charge is 0.352 e. The van der Waals surface area contributed by atoms with Gasteiger partial charge in [-0.3, -0.25) is 13.9 Å². The zero-order valence-electron chi connectivity index (χ0n) is 23.6. The number of para-hydroxylation sites is 1. The van der Waals surface area contributed by atoms with Gasteiger partial charge in [0.1, 0.15) is 18.4 Å². The smallest absolute Gasteiger partial charge is 0.264 e. The van der Waals surface area contributed by atoms with Crippen LogP contribution < -0.4 is 9.62 Å². The first kappa shape index (κ1) is 30.2. The van der Waals surface area contributed by atoms with Crippen LogP contribution in [0.3, 0.4) is 0 Å². The Kier molecular flexibility index (Phi) is 10.2. The zero-order chi connectivity index (χ0) is 29.4. The summed E-state index contributed by atoms with van der Waals surface area (Å²) in [6.07, 6.45) is 5.48. The van der Waals surface area contributed by atoms with Crippen molar-refractivity contribution in [1.29, 1.82) is 0 Å². The van der Waals surface area contributed by atoms with E-state index in [1.165, 1.54) is 23.1 Å². The Hall–Kier alpha value is -3.72. The van der Waals surface area contributed by atoms with Gasteiger partial charge in [0.25, 0.3) is 10.0 Å². The summed E-state index contributed by atoms with van der Waals surface area (Å²) in [7, 11) is -4.15. The molecule has 9 heteroatoms. The number of carbonyl (C=O) groups excluding carboxylic acids is 2. The van der Waals surface area contributed by atoms with E-state index in [1.807, 2.05) is 19.1 Å². The van der Waals surface area contributed by atoms with Crippen molar-refractivity contribution in [1.82, 2.24) is 10.2 Å². The molecule has 4 rings (SSSR count). The van der Waals surface area contributed by atoms with Crippen LogP contribution >= 0.6 is 0 Å². The third-order valence-corrected chi connectivity index (χ3v) is 9.44. The fourth-order valence-electron chi connectivity index (χ4n) is 5.25. The second-order valence-electron chi connectivity index (χ2n) is 10.4. The van der Waals surface area contributed by atoms with Crippen LogP contribution in [-0.4, -0.2) is 43.8 Å². The van der Waals surface area contributed by atoms with Gasteiger partial charge in [-0.1, -0.05) is 80.8 Å². The molecule has 1 fully saturated rings. The van der Waals surface area contributed by atoms with E-state index in [9.17, 15) is 22.4 Å². The Labute approximate surface area is 242 Å². The number of aryl methyl sites for hydroxylation is 1. The molecular weight excluding hydrogens is 541 g/mol. The Morgan fingerprint density at radius 3 is 2.17 bits per heavy atom. The number of nitrogens with zero attached hydrogens (tertiary/aromatic N) is 2. The molecule has 41 heavy (non-hydrogen) atoms. The number of nitrogens with one attached hydrogen (secondary N) is 1. The second kappa shape index (κ2) is 13.8. The number of hydrogen-bond acceptors (Lipinski definition) is 4. The maximum Gasteiger partial charge on any atom is 0.264 e. The van der Waals surface area contributed by atoms with Crippen LogP contribution in [0.4, 0.5) is 10.1 Å². The first-order chi connectivity index (χ1) is 19.7. The van der Waals surface area contributed by atoms with Crippen molar-refractivity contribution in [3.05, 3.63) is 95.8 Å². The average Bonchev–Trinajstić information content (AvgIpc) is 3.00. The minimum absolute atomic E-state index is 0.0236. The number of rotatable bonds is 11. The lowest BCUT2D eigenvalue weighted by Gasteiger charge is -2.33. The first-order valence-electron chi connectivity index (χ1n) is 14.2. The zero-order valence-corrected chi connectivity index (χ0v) is 24.4. The predicted molar refractivity (Wildman–Crippen MR) is 158 cm³/mol. The average molecular weight is 580 g/mol. The summed E-state index contributed by atoms with van der Waals surface area (Å²) in [5.41, 5.74) is 1.38. The SMILES string of the molecule is CCc1ccccc1N(CC(=O)N(Cc1ccccc1F)[C@@H](C)C(=O)NC1CCCCC1)S(=O)(=O)c1ccccc1. The van der Waals surface area contributed by atoms with Crippen LogP contribution in [0.5, 0.6) is 0 Å². The van der Waals surface area contributed by atoms with Gasteiger partial charge in [0.15, 0.2) is 0 Å². The van der Waals surface area contributed by atoms with Crippen molar-refractivity contribution in [2.45, 2.75) is 75.9 Å². The number of anilines is 1. The van der Waals surface area contributed by atoms with E-state index < -0.39 is 34.3 Å². The van der Waals surface area contributed by atoms with Crippen LogP contribution in [0.25, 0.3) is 0 Å². The van der Waals surface area contributed by atoms with Gasteiger partial charge < -0.3 is 10.2 Å². The molecule has 0 spiro atoms. The van der Waals surface area contributed by atoms with Gasteiger partial charge >= 0.3 is 0 Å². The third kappa shape index (κ3) is 7.33. The molecule has 1 N–H and O–H groups in total. The highest BCUT2D eigenvalue weighted by atomic mass is 32.2. The highest BCUT2D eigenvalue weighted by Crippen LogP contribution is 2.28. The van der Waals surface area contributed by atoms with Gasteiger partial charge in [0.05, 0.1) is 10.6 Å². The molecular formula is C32H38FN3O4S. The number of amides is 2. The molecule has 1 atom stereocenters. The molecule has 218 valence electrons. The van der Waals surface area contributed by atoms with Crippen LogP contribution in [-0.2, 0) is 32.6 Å². The summed E-state index contributed by atoms with van der Waals surface area (Å²) in [5.74, 6) is -1.45. The maximum atomic E-state index is 14.7. The van der Waals surface area contributed by atoms with Crippen molar-refractivity contribution in [2.75, 3.05) is 10.8 Å². The van der Waals surface area contributed by atoms with E-state index in [-0.39, 0.29) is 29.0 Å². The third-order valence-electron chi connectivity index (χ3n) is 7.67. The first-order valence-corrected chi connectivity index (χ1v) is 15.6. The summed E-state index contributed by atoms with van der Waals surface area (Å²) in [6, 6.07) is 20.1. The van der Waals surface area contributed by atoms with Gasteiger partial charge in [-0.05, 0) is 56.0 Å². The summed E-state index contributed by atoms with van der Waals surface area (Å²) in [6.45, 7) is 2.78. The summed E-state index contributed by atoms with van der Waals surface area (Å²) in [5, 5.41) is 3.06. The van der Waals surface area contributed by atoms with E-state index in [0.29, 0.717) is 12.1 Å². The number of sulfonamides is 1.